The quantitative estimate of drug-likeness (QED) is 0.150. The Morgan fingerprint density at radius 1 is 0.333 bits per heavy atom. The van der Waals surface area contributed by atoms with Crippen LogP contribution in [0.25, 0.3) is 10.6 Å². The van der Waals surface area contributed by atoms with Crippen LogP contribution in [0, 0.1) is 0 Å². The molecule has 160 valence electrons. The summed E-state index contributed by atoms with van der Waals surface area (Å²) >= 11 is 0. The summed E-state index contributed by atoms with van der Waals surface area (Å²) in [6, 6.07) is 0. The first-order valence-electron chi connectivity index (χ1n) is 12.1. The van der Waals surface area contributed by atoms with E-state index in [0.717, 1.165) is 26.2 Å². The van der Waals surface area contributed by atoms with E-state index in [4.69, 9.17) is 0 Å². The van der Waals surface area contributed by atoms with E-state index < -0.39 is 0 Å². The molecule has 0 heterocycles. The molecule has 0 aromatic heterocycles. The molecule has 0 saturated heterocycles. The van der Waals surface area contributed by atoms with E-state index >= 15 is 0 Å². The molecule has 0 amide bonds. The summed E-state index contributed by atoms with van der Waals surface area (Å²) in [6.07, 6.45) is 21.5. The summed E-state index contributed by atoms with van der Waals surface area (Å²) in [7, 11) is 0. The van der Waals surface area contributed by atoms with E-state index in [9.17, 15) is 0 Å². The fourth-order valence-electron chi connectivity index (χ4n) is 2.83. The molecule has 2 nitrogen and oxygen atoms in total. The zero-order valence-corrected chi connectivity index (χ0v) is 19.7. The first kappa shape index (κ1) is 31.8. The van der Waals surface area contributed by atoms with Crippen LogP contribution >= 0.6 is 0 Å². The summed E-state index contributed by atoms with van der Waals surface area (Å²) in [5, 5.41) is 9.03. The molecule has 0 aliphatic heterocycles. The molecular formula is C24H52BeN2. The van der Waals surface area contributed by atoms with Crippen molar-refractivity contribution in [2.75, 3.05) is 26.2 Å². The van der Waals surface area contributed by atoms with Gasteiger partial charge in [0, 0.05) is 0 Å². The molecule has 27 heavy (non-hydrogen) atoms. The Morgan fingerprint density at radius 2 is 0.556 bits per heavy atom. The molecular weight excluding hydrogens is 325 g/mol. The predicted octanol–water partition coefficient (Wildman–Crippen LogP) is 8.66. The van der Waals surface area contributed by atoms with Gasteiger partial charge in [0.2, 0.25) is 0 Å². The van der Waals surface area contributed by atoms with Crippen molar-refractivity contribution >= 4 is 10.1 Å². The van der Waals surface area contributed by atoms with Crippen molar-refractivity contribution in [3.05, 3.63) is 10.6 Å². The second kappa shape index (κ2) is 33.7. The third-order valence-electron chi connectivity index (χ3n) is 4.68. The van der Waals surface area contributed by atoms with Crippen molar-refractivity contribution in [1.29, 1.82) is 0 Å². The summed E-state index contributed by atoms with van der Waals surface area (Å²) in [4.78, 5) is 0. The van der Waals surface area contributed by atoms with Gasteiger partial charge in [-0.3, -0.25) is 0 Å². The number of hydrogen-bond acceptors (Lipinski definition) is 0. The van der Waals surface area contributed by atoms with Crippen molar-refractivity contribution in [1.82, 2.24) is 0 Å². The van der Waals surface area contributed by atoms with Gasteiger partial charge >= 0.3 is 10.1 Å². The van der Waals surface area contributed by atoms with Crippen molar-refractivity contribution in [3.8, 4) is 0 Å². The zero-order valence-electron chi connectivity index (χ0n) is 19.7. The van der Waals surface area contributed by atoms with Gasteiger partial charge in [0.15, 0.2) is 0 Å². The average molecular weight is 378 g/mol. The van der Waals surface area contributed by atoms with Gasteiger partial charge < -0.3 is 10.6 Å². The number of hydrogen-bond donors (Lipinski definition) is 0. The van der Waals surface area contributed by atoms with Gasteiger partial charge in [-0.1, -0.05) is 130 Å². The molecule has 0 unspecified atom stereocenters. The van der Waals surface area contributed by atoms with Crippen LogP contribution in [-0.4, -0.2) is 36.3 Å². The van der Waals surface area contributed by atoms with Gasteiger partial charge in [0.1, 0.15) is 0 Å². The normalized spacial score (nSPS) is 10.2. The van der Waals surface area contributed by atoms with Gasteiger partial charge in [-0.25, -0.2) is 0 Å². The standard InChI is InChI=1S/2C12H26N.Be/c2*1-3-5-7-9-11-13-12-10-8-6-4-2;/h2*3-12H2,1-2H3;/q2*-1;+2. The third-order valence-corrected chi connectivity index (χ3v) is 4.68. The van der Waals surface area contributed by atoms with Gasteiger partial charge in [-0.2, -0.15) is 0 Å². The summed E-state index contributed by atoms with van der Waals surface area (Å²) < 4.78 is 0. The van der Waals surface area contributed by atoms with Crippen LogP contribution < -0.4 is 0 Å². The Bertz CT molecular complexity index is 171. The Hall–Kier alpha value is 0.0888. The SMILES string of the molecule is CCCCCC[N-]CCCCCC.CCCCCC[N-]CCCCCC.[Be+2]. The molecule has 0 saturated carbocycles. The van der Waals surface area contributed by atoms with Crippen molar-refractivity contribution < 1.29 is 0 Å². The fraction of sp³-hybridized carbons (Fsp3) is 1.00. The summed E-state index contributed by atoms with van der Waals surface area (Å²) in [6.45, 7) is 13.4. The van der Waals surface area contributed by atoms with Gasteiger partial charge in [0.05, 0.1) is 0 Å². The van der Waals surface area contributed by atoms with E-state index in [1.54, 1.807) is 0 Å². The largest absolute Gasteiger partial charge is 2.00 e. The third kappa shape index (κ3) is 37.5. The van der Waals surface area contributed by atoms with E-state index in [1.165, 1.54) is 103 Å². The Labute approximate surface area is 177 Å². The van der Waals surface area contributed by atoms with E-state index in [2.05, 4.69) is 38.3 Å². The maximum Gasteiger partial charge on any atom is 2.00 e. The minimum Gasteiger partial charge on any atom is -0.662 e. The summed E-state index contributed by atoms with van der Waals surface area (Å²) in [5.41, 5.74) is 0. The zero-order chi connectivity index (χ0) is 19.6. The Morgan fingerprint density at radius 3 is 0.741 bits per heavy atom. The molecule has 0 aromatic carbocycles. The second-order valence-corrected chi connectivity index (χ2v) is 7.58. The fourth-order valence-corrected chi connectivity index (χ4v) is 2.83. The maximum absolute atomic E-state index is 4.51. The van der Waals surface area contributed by atoms with Crippen molar-refractivity contribution in [2.45, 2.75) is 130 Å². The molecule has 3 heteroatoms. The van der Waals surface area contributed by atoms with Crippen LogP contribution in [-0.2, 0) is 0 Å². The topological polar surface area (TPSA) is 28.2 Å². The predicted molar refractivity (Wildman–Crippen MR) is 129 cm³/mol. The molecule has 0 aliphatic carbocycles. The van der Waals surface area contributed by atoms with Crippen molar-refractivity contribution in [2.24, 2.45) is 0 Å². The molecule has 0 aromatic rings. The number of rotatable bonds is 20. The van der Waals surface area contributed by atoms with Crippen LogP contribution in [0.4, 0.5) is 0 Å². The molecule has 0 aliphatic rings. The first-order chi connectivity index (χ1) is 12.8. The number of nitrogens with zero attached hydrogens (tertiary/aromatic N) is 2. The maximum atomic E-state index is 4.51. The molecule has 0 atom stereocenters. The second-order valence-electron chi connectivity index (χ2n) is 7.58. The van der Waals surface area contributed by atoms with Crippen LogP contribution in [0.5, 0.6) is 0 Å². The van der Waals surface area contributed by atoms with Gasteiger partial charge in [-0.15, -0.1) is 26.2 Å². The summed E-state index contributed by atoms with van der Waals surface area (Å²) in [5.74, 6) is 0. The van der Waals surface area contributed by atoms with Gasteiger partial charge in [-0.05, 0) is 0 Å². The van der Waals surface area contributed by atoms with E-state index in [0.29, 0.717) is 0 Å². The van der Waals surface area contributed by atoms with Crippen LogP contribution in [0.1, 0.15) is 130 Å². The monoisotopic (exact) mass is 377 g/mol. The molecule has 0 radical (unpaired) electrons. The molecule has 0 bridgehead atoms. The molecule has 0 rings (SSSR count). The van der Waals surface area contributed by atoms with Crippen LogP contribution in [0.15, 0.2) is 0 Å². The van der Waals surface area contributed by atoms with Crippen LogP contribution in [0.3, 0.4) is 0 Å². The minimum atomic E-state index is 0. The Balaban J connectivity index is -0.000000411. The smallest absolute Gasteiger partial charge is 0.662 e. The first-order valence-corrected chi connectivity index (χ1v) is 12.1. The van der Waals surface area contributed by atoms with Gasteiger partial charge in [0.25, 0.3) is 0 Å². The van der Waals surface area contributed by atoms with E-state index in [1.807, 2.05) is 0 Å². The molecule has 0 fully saturated rings. The van der Waals surface area contributed by atoms with Crippen LogP contribution in [0.2, 0.25) is 0 Å². The number of unbranched alkanes of at least 4 members (excludes halogenated alkanes) is 12. The molecule has 0 spiro atoms. The minimum absolute atomic E-state index is 0. The average Bonchev–Trinajstić information content (AvgIpc) is 2.66. The van der Waals surface area contributed by atoms with E-state index in [-0.39, 0.29) is 10.1 Å². The molecule has 0 N–H and O–H groups in total. The van der Waals surface area contributed by atoms with Crippen molar-refractivity contribution in [3.63, 3.8) is 0 Å². The Kier molecular flexibility index (Phi) is 39.6.